The zero-order valence-corrected chi connectivity index (χ0v) is 18.1. The third-order valence-corrected chi connectivity index (χ3v) is 4.50. The first-order valence-corrected chi connectivity index (χ1v) is 10.3. The highest BCUT2D eigenvalue weighted by molar-refractivity contribution is 5.80. The molecule has 9 heteroatoms. The van der Waals surface area contributed by atoms with Gasteiger partial charge in [0.15, 0.2) is 11.8 Å². The molecule has 9 nitrogen and oxygen atoms in total. The summed E-state index contributed by atoms with van der Waals surface area (Å²) in [6.07, 6.45) is 5.83. The van der Waals surface area contributed by atoms with Gasteiger partial charge in [-0.15, -0.1) is 0 Å². The Morgan fingerprint density at radius 3 is 2.90 bits per heavy atom. The smallest absolute Gasteiger partial charge is 0.407 e. The van der Waals surface area contributed by atoms with E-state index in [1.807, 2.05) is 52.1 Å². The molecular weight excluding hydrogens is 382 g/mol. The number of hydrogen-bond donors (Lipinski definition) is 2. The van der Waals surface area contributed by atoms with Crippen molar-refractivity contribution in [2.75, 3.05) is 19.6 Å². The highest BCUT2D eigenvalue weighted by atomic mass is 16.6. The summed E-state index contributed by atoms with van der Waals surface area (Å²) in [7, 11) is 0. The maximum Gasteiger partial charge on any atom is 0.407 e. The van der Waals surface area contributed by atoms with Crippen LogP contribution in [-0.2, 0) is 11.3 Å². The molecule has 2 aromatic rings. The quantitative estimate of drug-likeness (QED) is 0.577. The number of rotatable bonds is 5. The van der Waals surface area contributed by atoms with Crippen molar-refractivity contribution >= 4 is 12.1 Å². The summed E-state index contributed by atoms with van der Waals surface area (Å²) in [5.41, 5.74) is 0.548. The van der Waals surface area contributed by atoms with Crippen LogP contribution in [0.5, 0.6) is 0 Å². The van der Waals surface area contributed by atoms with Crippen LogP contribution in [0.4, 0.5) is 4.79 Å². The Morgan fingerprint density at radius 2 is 2.20 bits per heavy atom. The lowest BCUT2D eigenvalue weighted by atomic mass is 10.2. The predicted octanol–water partition coefficient (Wildman–Crippen LogP) is 2.33. The number of amides is 1. The van der Waals surface area contributed by atoms with E-state index < -0.39 is 5.60 Å². The molecule has 1 fully saturated rings. The van der Waals surface area contributed by atoms with Gasteiger partial charge in [-0.1, -0.05) is 0 Å². The summed E-state index contributed by atoms with van der Waals surface area (Å²) in [6, 6.07) is 5.84. The van der Waals surface area contributed by atoms with Crippen molar-refractivity contribution in [3.8, 4) is 5.82 Å². The lowest BCUT2D eigenvalue weighted by Gasteiger charge is -2.23. The van der Waals surface area contributed by atoms with Crippen molar-refractivity contribution < 1.29 is 9.53 Å². The minimum absolute atomic E-state index is 0.0380. The number of carbonyl (C=O) groups is 1. The first-order valence-electron chi connectivity index (χ1n) is 10.3. The van der Waals surface area contributed by atoms with Gasteiger partial charge < -0.3 is 20.3 Å². The molecule has 0 radical (unpaired) electrons. The van der Waals surface area contributed by atoms with Gasteiger partial charge >= 0.3 is 6.09 Å². The summed E-state index contributed by atoms with van der Waals surface area (Å²) in [5, 5.41) is 10.5. The van der Waals surface area contributed by atoms with E-state index in [0.29, 0.717) is 13.1 Å². The number of ether oxygens (including phenoxy) is 1. The Bertz CT molecular complexity index is 858. The number of aliphatic imine (C=N–C) groups is 1. The van der Waals surface area contributed by atoms with Gasteiger partial charge in [0.1, 0.15) is 5.60 Å². The van der Waals surface area contributed by atoms with Crippen molar-refractivity contribution in [3.05, 3.63) is 42.4 Å². The van der Waals surface area contributed by atoms with Crippen LogP contribution >= 0.6 is 0 Å². The molecule has 162 valence electrons. The second-order valence-electron chi connectivity index (χ2n) is 8.22. The van der Waals surface area contributed by atoms with Gasteiger partial charge in [0, 0.05) is 38.2 Å². The molecule has 1 aliphatic heterocycles. The molecule has 0 bridgehead atoms. The van der Waals surface area contributed by atoms with Gasteiger partial charge in [0.2, 0.25) is 0 Å². The van der Waals surface area contributed by atoms with Crippen LogP contribution in [0.25, 0.3) is 5.82 Å². The summed E-state index contributed by atoms with van der Waals surface area (Å²) < 4.78 is 7.09. The Labute approximate surface area is 177 Å². The first kappa shape index (κ1) is 21.6. The third-order valence-electron chi connectivity index (χ3n) is 4.50. The molecule has 0 aliphatic carbocycles. The second kappa shape index (κ2) is 9.60. The van der Waals surface area contributed by atoms with E-state index in [9.17, 15) is 4.79 Å². The maximum atomic E-state index is 12.0. The van der Waals surface area contributed by atoms with Gasteiger partial charge in [-0.3, -0.25) is 0 Å². The fourth-order valence-electron chi connectivity index (χ4n) is 3.23. The standard InChI is InChI=1S/C21H31N7O2/c1-5-22-19(27-12-8-17(15-27)26-20(29)30-21(2,3)4)24-14-16-7-10-23-18(13-16)28-11-6-9-25-28/h6-7,9-11,13,17H,5,8,12,14-15H2,1-4H3,(H,22,24)(H,26,29). The van der Waals surface area contributed by atoms with E-state index in [0.717, 1.165) is 36.9 Å². The largest absolute Gasteiger partial charge is 0.444 e. The highest BCUT2D eigenvalue weighted by Gasteiger charge is 2.27. The van der Waals surface area contributed by atoms with Gasteiger partial charge in [-0.25, -0.2) is 19.5 Å². The molecule has 1 unspecified atom stereocenters. The Morgan fingerprint density at radius 1 is 1.37 bits per heavy atom. The second-order valence-corrected chi connectivity index (χ2v) is 8.22. The van der Waals surface area contributed by atoms with Crippen LogP contribution in [0, 0.1) is 0 Å². The maximum absolute atomic E-state index is 12.0. The summed E-state index contributed by atoms with van der Waals surface area (Å²) in [5.74, 6) is 1.60. The normalized spacial score (nSPS) is 17.1. The minimum Gasteiger partial charge on any atom is -0.444 e. The number of carbonyl (C=O) groups excluding carboxylic acids is 1. The summed E-state index contributed by atoms with van der Waals surface area (Å²) >= 11 is 0. The lowest BCUT2D eigenvalue weighted by Crippen LogP contribution is -2.44. The Hall–Kier alpha value is -3.10. The fourth-order valence-corrected chi connectivity index (χ4v) is 3.23. The average molecular weight is 414 g/mol. The van der Waals surface area contributed by atoms with E-state index >= 15 is 0 Å². The molecule has 30 heavy (non-hydrogen) atoms. The van der Waals surface area contributed by atoms with Crippen molar-refractivity contribution in [2.24, 2.45) is 4.99 Å². The van der Waals surface area contributed by atoms with E-state index in [2.05, 4.69) is 25.6 Å². The average Bonchev–Trinajstić information content (AvgIpc) is 3.36. The zero-order valence-electron chi connectivity index (χ0n) is 18.1. The Balaban J connectivity index is 1.61. The molecule has 1 saturated heterocycles. The van der Waals surface area contributed by atoms with Crippen LogP contribution in [0.1, 0.15) is 39.7 Å². The number of guanidine groups is 1. The molecule has 0 aromatic carbocycles. The van der Waals surface area contributed by atoms with Crippen LogP contribution in [0.3, 0.4) is 0 Å². The molecule has 3 heterocycles. The van der Waals surface area contributed by atoms with Crippen molar-refractivity contribution in [1.29, 1.82) is 0 Å². The summed E-state index contributed by atoms with van der Waals surface area (Å²) in [4.78, 5) is 23.4. The van der Waals surface area contributed by atoms with Crippen molar-refractivity contribution in [2.45, 2.75) is 52.3 Å². The lowest BCUT2D eigenvalue weighted by molar-refractivity contribution is 0.0507. The summed E-state index contributed by atoms with van der Waals surface area (Å²) in [6.45, 7) is 10.4. The third kappa shape index (κ3) is 6.20. The predicted molar refractivity (Wildman–Crippen MR) is 116 cm³/mol. The van der Waals surface area contributed by atoms with Crippen LogP contribution in [0.2, 0.25) is 0 Å². The topological polar surface area (TPSA) is 96.7 Å². The number of pyridine rings is 1. The number of alkyl carbamates (subject to hydrolysis) is 1. The van der Waals surface area contributed by atoms with Crippen LogP contribution in [-0.4, -0.2) is 63.0 Å². The molecule has 1 aliphatic rings. The van der Waals surface area contributed by atoms with Gasteiger partial charge in [0.05, 0.1) is 12.6 Å². The van der Waals surface area contributed by atoms with Crippen molar-refractivity contribution in [1.82, 2.24) is 30.3 Å². The van der Waals surface area contributed by atoms with E-state index in [1.54, 1.807) is 17.1 Å². The molecule has 2 aromatic heterocycles. The molecule has 0 saturated carbocycles. The number of hydrogen-bond acceptors (Lipinski definition) is 5. The monoisotopic (exact) mass is 413 g/mol. The van der Waals surface area contributed by atoms with Crippen LogP contribution < -0.4 is 10.6 Å². The van der Waals surface area contributed by atoms with E-state index in [4.69, 9.17) is 9.73 Å². The van der Waals surface area contributed by atoms with Crippen LogP contribution in [0.15, 0.2) is 41.8 Å². The molecule has 2 N–H and O–H groups in total. The van der Waals surface area contributed by atoms with Gasteiger partial charge in [-0.2, -0.15) is 5.10 Å². The molecular formula is C21H31N7O2. The molecule has 1 amide bonds. The molecule has 0 spiro atoms. The molecule has 3 rings (SSSR count). The fraction of sp³-hybridized carbons (Fsp3) is 0.524. The van der Waals surface area contributed by atoms with E-state index in [-0.39, 0.29) is 12.1 Å². The van der Waals surface area contributed by atoms with E-state index in [1.165, 1.54) is 0 Å². The Kier molecular flexibility index (Phi) is 6.91. The zero-order chi connectivity index (χ0) is 21.6. The highest BCUT2D eigenvalue weighted by Crippen LogP contribution is 2.13. The van der Waals surface area contributed by atoms with Gasteiger partial charge in [0.25, 0.3) is 0 Å². The number of nitrogens with one attached hydrogen (secondary N) is 2. The molecule has 1 atom stereocenters. The SMILES string of the molecule is CCNC(=NCc1ccnc(-n2cccn2)c1)N1CCC(NC(=O)OC(C)(C)C)C1. The van der Waals surface area contributed by atoms with Gasteiger partial charge in [-0.05, 0) is 57.9 Å². The minimum atomic E-state index is -0.502. The van der Waals surface area contributed by atoms with Crippen molar-refractivity contribution in [3.63, 3.8) is 0 Å². The number of likely N-dealkylation sites (tertiary alicyclic amines) is 1. The first-order chi connectivity index (χ1) is 14.3. The number of nitrogens with zero attached hydrogens (tertiary/aromatic N) is 5. The number of aromatic nitrogens is 3.